The third-order valence-corrected chi connectivity index (χ3v) is 4.23. The lowest BCUT2D eigenvalue weighted by molar-refractivity contribution is 0.0950. The van der Waals surface area contributed by atoms with Crippen LogP contribution in [-0.2, 0) is 0 Å². The second-order valence-corrected chi connectivity index (χ2v) is 6.04. The first-order valence-electron chi connectivity index (χ1n) is 7.55. The fourth-order valence-electron chi connectivity index (χ4n) is 2.20. The van der Waals surface area contributed by atoms with Crippen LogP contribution in [0, 0.1) is 0 Å². The Morgan fingerprint density at radius 3 is 2.54 bits per heavy atom. The van der Waals surface area contributed by atoms with E-state index in [9.17, 15) is 4.79 Å². The van der Waals surface area contributed by atoms with Gasteiger partial charge >= 0.3 is 0 Å². The second kappa shape index (κ2) is 8.03. The summed E-state index contributed by atoms with van der Waals surface area (Å²) in [4.78, 5) is 12.2. The number of H-pyrrole nitrogens is 1. The van der Waals surface area contributed by atoms with Gasteiger partial charge in [-0.1, -0.05) is 29.3 Å². The van der Waals surface area contributed by atoms with Crippen molar-refractivity contribution in [2.24, 2.45) is 5.10 Å². The standard InChI is InChI=1S/C18H14Cl2N4O2/c1-26-12-7-5-11(6-8-12)16-9-17(23-22-16)18(25)24-21-10-13-14(19)3-2-4-15(13)20/h2-10H,1H3,(H,22,23)(H,24,25). The smallest absolute Gasteiger partial charge is 0.289 e. The molecule has 0 aliphatic heterocycles. The molecule has 0 fully saturated rings. The Bertz CT molecular complexity index is 932. The molecule has 0 atom stereocenters. The first-order chi connectivity index (χ1) is 12.6. The maximum absolute atomic E-state index is 12.2. The molecule has 0 bridgehead atoms. The molecule has 26 heavy (non-hydrogen) atoms. The van der Waals surface area contributed by atoms with Gasteiger partial charge in [0.25, 0.3) is 5.91 Å². The van der Waals surface area contributed by atoms with E-state index < -0.39 is 5.91 Å². The van der Waals surface area contributed by atoms with Crippen LogP contribution in [0.5, 0.6) is 5.75 Å². The highest BCUT2D eigenvalue weighted by Crippen LogP contribution is 2.22. The average Bonchev–Trinajstić information content (AvgIpc) is 3.14. The van der Waals surface area contributed by atoms with Gasteiger partial charge in [0.2, 0.25) is 0 Å². The second-order valence-electron chi connectivity index (χ2n) is 5.23. The predicted molar refractivity (Wildman–Crippen MR) is 102 cm³/mol. The summed E-state index contributed by atoms with van der Waals surface area (Å²) < 4.78 is 5.12. The van der Waals surface area contributed by atoms with Crippen LogP contribution in [-0.4, -0.2) is 29.4 Å². The highest BCUT2D eigenvalue weighted by molar-refractivity contribution is 6.38. The summed E-state index contributed by atoms with van der Waals surface area (Å²) in [7, 11) is 1.60. The van der Waals surface area contributed by atoms with Crippen LogP contribution in [0.15, 0.2) is 53.6 Å². The summed E-state index contributed by atoms with van der Waals surface area (Å²) in [6, 6.07) is 14.1. The summed E-state index contributed by atoms with van der Waals surface area (Å²) >= 11 is 12.1. The average molecular weight is 389 g/mol. The fraction of sp³-hybridized carbons (Fsp3) is 0.0556. The Kier molecular flexibility index (Phi) is 5.55. The molecule has 132 valence electrons. The lowest BCUT2D eigenvalue weighted by atomic mass is 10.1. The topological polar surface area (TPSA) is 79.4 Å². The highest BCUT2D eigenvalue weighted by atomic mass is 35.5. The Labute approximate surface area is 159 Å². The van der Waals surface area contributed by atoms with E-state index >= 15 is 0 Å². The third kappa shape index (κ3) is 4.04. The van der Waals surface area contributed by atoms with Crippen molar-refractivity contribution in [1.29, 1.82) is 0 Å². The van der Waals surface area contributed by atoms with Gasteiger partial charge in [-0.05, 0) is 42.5 Å². The van der Waals surface area contributed by atoms with Crippen LogP contribution in [0.1, 0.15) is 16.1 Å². The van der Waals surface area contributed by atoms with Crippen molar-refractivity contribution < 1.29 is 9.53 Å². The summed E-state index contributed by atoms with van der Waals surface area (Å²) in [5.41, 5.74) is 4.70. The quantitative estimate of drug-likeness (QED) is 0.508. The summed E-state index contributed by atoms with van der Waals surface area (Å²) in [5, 5.41) is 11.6. The number of hydrogen-bond acceptors (Lipinski definition) is 4. The van der Waals surface area contributed by atoms with Gasteiger partial charge in [-0.3, -0.25) is 9.89 Å². The Morgan fingerprint density at radius 2 is 1.88 bits per heavy atom. The van der Waals surface area contributed by atoms with Crippen molar-refractivity contribution in [2.75, 3.05) is 7.11 Å². The minimum Gasteiger partial charge on any atom is -0.497 e. The maximum Gasteiger partial charge on any atom is 0.289 e. The number of halogens is 2. The number of rotatable bonds is 5. The number of aromatic amines is 1. The third-order valence-electron chi connectivity index (χ3n) is 3.57. The Balaban J connectivity index is 1.69. The summed E-state index contributed by atoms with van der Waals surface area (Å²) in [6.07, 6.45) is 1.39. The lowest BCUT2D eigenvalue weighted by Gasteiger charge is -2.00. The van der Waals surface area contributed by atoms with Crippen molar-refractivity contribution in [1.82, 2.24) is 15.6 Å². The highest BCUT2D eigenvalue weighted by Gasteiger charge is 2.11. The van der Waals surface area contributed by atoms with E-state index in [1.807, 2.05) is 24.3 Å². The van der Waals surface area contributed by atoms with E-state index in [-0.39, 0.29) is 5.69 Å². The van der Waals surface area contributed by atoms with E-state index in [0.29, 0.717) is 21.3 Å². The number of hydrogen-bond donors (Lipinski definition) is 2. The number of nitrogens with one attached hydrogen (secondary N) is 2. The SMILES string of the molecule is COc1ccc(-c2cc(C(=O)NN=Cc3c(Cl)cccc3Cl)[nH]n2)cc1. The van der Waals surface area contributed by atoms with Crippen LogP contribution in [0.4, 0.5) is 0 Å². The molecule has 3 aromatic rings. The lowest BCUT2D eigenvalue weighted by Crippen LogP contribution is -2.18. The van der Waals surface area contributed by atoms with E-state index in [0.717, 1.165) is 11.3 Å². The largest absolute Gasteiger partial charge is 0.497 e. The zero-order valence-electron chi connectivity index (χ0n) is 13.7. The van der Waals surface area contributed by atoms with Crippen LogP contribution >= 0.6 is 23.2 Å². The maximum atomic E-state index is 12.2. The molecule has 1 aromatic heterocycles. The fourth-order valence-corrected chi connectivity index (χ4v) is 2.69. The number of ether oxygens (including phenoxy) is 1. The van der Waals surface area contributed by atoms with E-state index in [1.54, 1.807) is 31.4 Å². The van der Waals surface area contributed by atoms with Gasteiger partial charge in [-0.25, -0.2) is 5.43 Å². The molecule has 0 spiro atoms. The Morgan fingerprint density at radius 1 is 1.19 bits per heavy atom. The molecule has 0 radical (unpaired) electrons. The first-order valence-corrected chi connectivity index (χ1v) is 8.31. The molecule has 3 rings (SSSR count). The van der Waals surface area contributed by atoms with Gasteiger partial charge in [0, 0.05) is 11.1 Å². The van der Waals surface area contributed by atoms with Gasteiger partial charge in [0.15, 0.2) is 0 Å². The molecule has 1 amide bonds. The molecular formula is C18H14Cl2N4O2. The number of amides is 1. The van der Waals surface area contributed by atoms with Gasteiger partial charge in [-0.15, -0.1) is 0 Å². The van der Waals surface area contributed by atoms with Gasteiger partial charge in [-0.2, -0.15) is 10.2 Å². The number of carbonyl (C=O) groups is 1. The van der Waals surface area contributed by atoms with E-state index in [1.165, 1.54) is 6.21 Å². The van der Waals surface area contributed by atoms with Crippen LogP contribution in [0.25, 0.3) is 11.3 Å². The monoisotopic (exact) mass is 388 g/mol. The number of benzene rings is 2. The van der Waals surface area contributed by atoms with Crippen molar-refractivity contribution in [2.45, 2.75) is 0 Å². The zero-order chi connectivity index (χ0) is 18.5. The van der Waals surface area contributed by atoms with Gasteiger partial charge in [0.1, 0.15) is 11.4 Å². The normalized spacial score (nSPS) is 10.9. The van der Waals surface area contributed by atoms with Gasteiger partial charge in [0.05, 0.1) is 29.1 Å². The number of nitrogens with zero attached hydrogens (tertiary/aromatic N) is 2. The molecule has 2 aromatic carbocycles. The number of methoxy groups -OCH3 is 1. The molecular weight excluding hydrogens is 375 g/mol. The van der Waals surface area contributed by atoms with Crippen LogP contribution in [0.3, 0.4) is 0 Å². The van der Waals surface area contributed by atoms with Crippen molar-refractivity contribution in [3.63, 3.8) is 0 Å². The molecule has 0 aliphatic rings. The number of aromatic nitrogens is 2. The molecule has 0 unspecified atom stereocenters. The van der Waals surface area contributed by atoms with Crippen molar-refractivity contribution >= 4 is 35.3 Å². The van der Waals surface area contributed by atoms with Crippen molar-refractivity contribution in [3.8, 4) is 17.0 Å². The number of carbonyl (C=O) groups excluding carboxylic acids is 1. The first kappa shape index (κ1) is 18.0. The van der Waals surface area contributed by atoms with E-state index in [4.69, 9.17) is 27.9 Å². The van der Waals surface area contributed by atoms with Crippen LogP contribution in [0.2, 0.25) is 10.0 Å². The minimum absolute atomic E-state index is 0.276. The van der Waals surface area contributed by atoms with E-state index in [2.05, 4.69) is 20.7 Å². The molecule has 0 saturated heterocycles. The molecule has 0 saturated carbocycles. The van der Waals surface area contributed by atoms with Gasteiger partial charge < -0.3 is 4.74 Å². The Hall–Kier alpha value is -2.83. The minimum atomic E-state index is -0.434. The molecule has 2 N–H and O–H groups in total. The zero-order valence-corrected chi connectivity index (χ0v) is 15.2. The molecule has 8 heteroatoms. The molecule has 0 aliphatic carbocycles. The molecule has 1 heterocycles. The number of hydrazone groups is 1. The predicted octanol–water partition coefficient (Wildman–Crippen LogP) is 4.16. The van der Waals surface area contributed by atoms with Crippen LogP contribution < -0.4 is 10.2 Å². The summed E-state index contributed by atoms with van der Waals surface area (Å²) in [5.74, 6) is 0.312. The van der Waals surface area contributed by atoms with Crippen molar-refractivity contribution in [3.05, 3.63) is 69.8 Å². The summed E-state index contributed by atoms with van der Waals surface area (Å²) in [6.45, 7) is 0. The molecule has 6 nitrogen and oxygen atoms in total.